The first-order chi connectivity index (χ1) is 16.6. The molecule has 0 bridgehead atoms. The molecule has 5 rings (SSSR count). The molecule has 1 saturated heterocycles. The zero-order valence-electron chi connectivity index (χ0n) is 19.7. The Morgan fingerprint density at radius 1 is 1.12 bits per heavy atom. The molecule has 2 fully saturated rings. The fraction of sp³-hybridized carbons (Fsp3) is 0.519. The number of nitrogens with one attached hydrogen (secondary N) is 2. The van der Waals surface area contributed by atoms with Gasteiger partial charge in [0.2, 0.25) is 0 Å². The van der Waals surface area contributed by atoms with E-state index >= 15 is 0 Å². The summed E-state index contributed by atoms with van der Waals surface area (Å²) in [6.45, 7) is 5.91. The lowest BCUT2D eigenvalue weighted by atomic mass is 9.87. The maximum atomic E-state index is 14.2. The van der Waals surface area contributed by atoms with Gasteiger partial charge in [-0.15, -0.1) is 12.6 Å². The van der Waals surface area contributed by atoms with E-state index in [4.69, 9.17) is 0 Å². The van der Waals surface area contributed by atoms with Crippen LogP contribution in [-0.4, -0.2) is 61.1 Å². The van der Waals surface area contributed by atoms with Gasteiger partial charge in [-0.1, -0.05) is 6.07 Å². The van der Waals surface area contributed by atoms with Crippen LogP contribution in [-0.2, 0) is 12.8 Å². The fourth-order valence-electron chi connectivity index (χ4n) is 5.36. The smallest absolute Gasteiger partial charge is 0.321 e. The molecular formula is C27H35FN4OS. The number of anilines is 1. The first-order valence-electron chi connectivity index (χ1n) is 12.7. The quantitative estimate of drug-likeness (QED) is 0.503. The second kappa shape index (κ2) is 10.7. The molecule has 7 heteroatoms. The zero-order chi connectivity index (χ0) is 23.5. The number of nitrogens with zero attached hydrogens (tertiary/aromatic N) is 2. The topological polar surface area (TPSA) is 47.6 Å². The largest absolute Gasteiger partial charge is 0.322 e. The molecule has 2 aliphatic carbocycles. The van der Waals surface area contributed by atoms with Gasteiger partial charge in [-0.3, -0.25) is 0 Å². The standard InChI is InChI=1S/C27H35FN4OS/c28-26-9-6-22(18-25(26)19-2-3-19)30-27(33)32(13-1-12-31-14-10-29-11-15-31)23-7-4-21-17-24(34)8-5-20(21)16-23/h5-6,8-9,17-19,23,29,34H,1-4,7,10-16H2,(H,30,33). The number of carbonyl (C=O) groups is 1. The first kappa shape index (κ1) is 23.6. The highest BCUT2D eigenvalue weighted by atomic mass is 32.1. The number of piperazine rings is 1. The average molecular weight is 483 g/mol. The van der Waals surface area contributed by atoms with E-state index in [1.54, 1.807) is 6.07 Å². The summed E-state index contributed by atoms with van der Waals surface area (Å²) < 4.78 is 14.2. The third-order valence-electron chi connectivity index (χ3n) is 7.44. The van der Waals surface area contributed by atoms with Gasteiger partial charge in [-0.25, -0.2) is 9.18 Å². The van der Waals surface area contributed by atoms with E-state index < -0.39 is 0 Å². The summed E-state index contributed by atoms with van der Waals surface area (Å²) in [5, 5.41) is 6.49. The number of thiol groups is 1. The number of hydrogen-bond donors (Lipinski definition) is 3. The molecular weight excluding hydrogens is 447 g/mol. The predicted octanol–water partition coefficient (Wildman–Crippen LogP) is 4.68. The molecule has 2 aromatic carbocycles. The van der Waals surface area contributed by atoms with Crippen molar-refractivity contribution in [1.82, 2.24) is 15.1 Å². The number of benzene rings is 2. The number of fused-ring (bicyclic) bond motifs is 1. The van der Waals surface area contributed by atoms with Gasteiger partial charge in [-0.05, 0) is 98.0 Å². The normalized spacial score (nSPS) is 20.6. The highest BCUT2D eigenvalue weighted by Gasteiger charge is 2.29. The van der Waals surface area contributed by atoms with Crippen LogP contribution in [0.3, 0.4) is 0 Å². The van der Waals surface area contributed by atoms with Crippen molar-refractivity contribution in [1.29, 1.82) is 0 Å². The molecule has 0 spiro atoms. The average Bonchev–Trinajstić information content (AvgIpc) is 3.69. The second-order valence-corrected chi connectivity index (χ2v) is 10.4. The van der Waals surface area contributed by atoms with E-state index in [-0.39, 0.29) is 17.9 Å². The molecule has 182 valence electrons. The fourth-order valence-corrected chi connectivity index (χ4v) is 5.59. The Labute approximate surface area is 207 Å². The minimum atomic E-state index is -0.166. The Bertz CT molecular complexity index is 1020. The van der Waals surface area contributed by atoms with Crippen molar-refractivity contribution in [3.05, 3.63) is 58.9 Å². The van der Waals surface area contributed by atoms with Crippen LogP contribution >= 0.6 is 12.6 Å². The van der Waals surface area contributed by atoms with E-state index in [9.17, 15) is 9.18 Å². The molecule has 1 atom stereocenters. The van der Waals surface area contributed by atoms with Crippen LogP contribution in [0.5, 0.6) is 0 Å². The number of carbonyl (C=O) groups excluding carboxylic acids is 1. The van der Waals surface area contributed by atoms with Crippen LogP contribution in [0, 0.1) is 5.82 Å². The van der Waals surface area contributed by atoms with Gasteiger partial charge in [0.25, 0.3) is 0 Å². The highest BCUT2D eigenvalue weighted by molar-refractivity contribution is 7.80. The predicted molar refractivity (Wildman–Crippen MR) is 138 cm³/mol. The van der Waals surface area contributed by atoms with Crippen molar-refractivity contribution in [2.45, 2.75) is 55.4 Å². The molecule has 2 N–H and O–H groups in total. The Morgan fingerprint density at radius 3 is 2.74 bits per heavy atom. The third-order valence-corrected chi connectivity index (χ3v) is 7.72. The minimum Gasteiger partial charge on any atom is -0.321 e. The number of urea groups is 1. The van der Waals surface area contributed by atoms with E-state index in [1.165, 1.54) is 17.2 Å². The molecule has 1 aliphatic heterocycles. The van der Waals surface area contributed by atoms with Crippen LogP contribution in [0.25, 0.3) is 0 Å². The van der Waals surface area contributed by atoms with Crippen LogP contribution in [0.2, 0.25) is 0 Å². The Morgan fingerprint density at radius 2 is 1.94 bits per heavy atom. The molecule has 1 saturated carbocycles. The lowest BCUT2D eigenvalue weighted by Crippen LogP contribution is -2.48. The van der Waals surface area contributed by atoms with Crippen LogP contribution in [0.15, 0.2) is 41.3 Å². The van der Waals surface area contributed by atoms with E-state index in [0.717, 1.165) is 88.3 Å². The first-order valence-corrected chi connectivity index (χ1v) is 13.1. The SMILES string of the molecule is O=C(Nc1ccc(F)c(C2CC2)c1)N(CCCN1CCNCC1)C1CCc2cc(S)ccc2C1. The number of rotatable bonds is 7. The van der Waals surface area contributed by atoms with Gasteiger partial charge in [0.1, 0.15) is 5.82 Å². The Balaban J connectivity index is 1.29. The molecule has 3 aliphatic rings. The van der Waals surface area contributed by atoms with Crippen LogP contribution < -0.4 is 10.6 Å². The summed E-state index contributed by atoms with van der Waals surface area (Å²) in [5.41, 5.74) is 4.08. The molecule has 0 aromatic heterocycles. The molecule has 2 aromatic rings. The van der Waals surface area contributed by atoms with Crippen molar-refractivity contribution in [3.63, 3.8) is 0 Å². The van der Waals surface area contributed by atoms with Crippen molar-refractivity contribution in [3.8, 4) is 0 Å². The van der Waals surface area contributed by atoms with Crippen molar-refractivity contribution in [2.24, 2.45) is 0 Å². The van der Waals surface area contributed by atoms with Gasteiger partial charge >= 0.3 is 6.03 Å². The Hall–Kier alpha value is -2.09. The summed E-state index contributed by atoms with van der Waals surface area (Å²) >= 11 is 4.49. The Kier molecular flexibility index (Phi) is 7.42. The van der Waals surface area contributed by atoms with Gasteiger partial charge < -0.3 is 20.4 Å². The molecule has 1 unspecified atom stereocenters. The van der Waals surface area contributed by atoms with Gasteiger partial charge in [0.15, 0.2) is 0 Å². The number of hydrogen-bond acceptors (Lipinski definition) is 4. The zero-order valence-corrected chi connectivity index (χ0v) is 20.6. The summed E-state index contributed by atoms with van der Waals surface area (Å²) in [4.78, 5) is 19.0. The monoisotopic (exact) mass is 482 g/mol. The maximum Gasteiger partial charge on any atom is 0.322 e. The number of aryl methyl sites for hydroxylation is 1. The van der Waals surface area contributed by atoms with Crippen molar-refractivity contribution >= 4 is 24.3 Å². The summed E-state index contributed by atoms with van der Waals surface area (Å²) in [7, 11) is 0. The molecule has 0 radical (unpaired) electrons. The highest BCUT2D eigenvalue weighted by Crippen LogP contribution is 2.42. The van der Waals surface area contributed by atoms with E-state index in [2.05, 4.69) is 40.3 Å². The number of halogens is 1. The lowest BCUT2D eigenvalue weighted by Gasteiger charge is -2.36. The molecule has 1 heterocycles. The van der Waals surface area contributed by atoms with Crippen molar-refractivity contribution < 1.29 is 9.18 Å². The molecule has 5 nitrogen and oxygen atoms in total. The van der Waals surface area contributed by atoms with Crippen molar-refractivity contribution in [2.75, 3.05) is 44.6 Å². The summed E-state index contributed by atoms with van der Waals surface area (Å²) in [6, 6.07) is 11.4. The van der Waals surface area contributed by atoms with Gasteiger partial charge in [0.05, 0.1) is 0 Å². The molecule has 2 amide bonds. The minimum absolute atomic E-state index is 0.0760. The van der Waals surface area contributed by atoms with Gasteiger partial charge in [-0.2, -0.15) is 0 Å². The molecule has 34 heavy (non-hydrogen) atoms. The van der Waals surface area contributed by atoms with Gasteiger partial charge in [0, 0.05) is 49.3 Å². The third kappa shape index (κ3) is 5.75. The number of amides is 2. The summed E-state index contributed by atoms with van der Waals surface area (Å²) in [5.74, 6) is 0.138. The summed E-state index contributed by atoms with van der Waals surface area (Å²) in [6.07, 6.45) is 5.77. The lowest BCUT2D eigenvalue weighted by molar-refractivity contribution is 0.169. The van der Waals surface area contributed by atoms with E-state index in [1.807, 2.05) is 17.0 Å². The maximum absolute atomic E-state index is 14.2. The van der Waals surface area contributed by atoms with Crippen LogP contribution in [0.4, 0.5) is 14.9 Å². The second-order valence-electron chi connectivity index (χ2n) is 9.93. The van der Waals surface area contributed by atoms with Crippen LogP contribution in [0.1, 0.15) is 48.3 Å². The van der Waals surface area contributed by atoms with E-state index in [0.29, 0.717) is 11.6 Å².